The molecular weight excluding hydrogens is 166 g/mol. The number of nitrogens with two attached hydrogens (primary N) is 1. The normalized spacial score (nSPS) is 14.6. The van der Waals surface area contributed by atoms with E-state index in [1.54, 1.807) is 0 Å². The summed E-state index contributed by atoms with van der Waals surface area (Å²) in [6.07, 6.45) is 1.18. The molecule has 8 heavy (non-hydrogen) atoms. The Balaban J connectivity index is 3.10. The molecule has 0 bridgehead atoms. The quantitative estimate of drug-likeness (QED) is 0.658. The van der Waals surface area contributed by atoms with Gasteiger partial charge >= 0.3 is 0 Å². The second kappa shape index (κ2) is 4.33. The van der Waals surface area contributed by atoms with E-state index in [-0.39, 0.29) is 0 Å². The van der Waals surface area contributed by atoms with Crippen molar-refractivity contribution in [2.75, 3.05) is 6.54 Å². The van der Waals surface area contributed by atoms with Gasteiger partial charge in [-0.15, -0.1) is 0 Å². The maximum atomic E-state index is 5.37. The smallest absolute Gasteiger partial charge is 0.0270 e. The van der Waals surface area contributed by atoms with Crippen LogP contribution in [0.3, 0.4) is 0 Å². The second-order valence-electron chi connectivity index (χ2n) is 2.46. The molecule has 0 heterocycles. The van der Waals surface area contributed by atoms with Crippen LogP contribution in [0.2, 0.25) is 0 Å². The van der Waals surface area contributed by atoms with Gasteiger partial charge in [-0.05, 0) is 12.3 Å². The lowest BCUT2D eigenvalue weighted by atomic mass is 10.1. The molecule has 1 nitrogen and oxygen atoms in total. The van der Waals surface area contributed by atoms with Crippen LogP contribution in [0.5, 0.6) is 0 Å². The first-order valence-electron chi connectivity index (χ1n) is 3.01. The highest BCUT2D eigenvalue weighted by atomic mass is 79.9. The van der Waals surface area contributed by atoms with Gasteiger partial charge in [-0.3, -0.25) is 0 Å². The Kier molecular flexibility index (Phi) is 4.57. The highest BCUT2D eigenvalue weighted by Crippen LogP contribution is 2.10. The molecule has 0 radical (unpaired) electrons. The maximum Gasteiger partial charge on any atom is 0.0270 e. The molecule has 0 amide bonds. The van der Waals surface area contributed by atoms with Gasteiger partial charge in [0.15, 0.2) is 0 Å². The SMILES string of the molecule is CC(C)CC(Br)CN. The van der Waals surface area contributed by atoms with Crippen molar-refractivity contribution in [2.24, 2.45) is 11.7 Å². The Bertz CT molecular complexity index is 54.5. The number of rotatable bonds is 3. The monoisotopic (exact) mass is 179 g/mol. The summed E-state index contributed by atoms with van der Waals surface area (Å²) in [5, 5.41) is 0. The molecule has 0 fully saturated rings. The van der Waals surface area contributed by atoms with Crippen LogP contribution in [0, 0.1) is 5.92 Å². The first-order chi connectivity index (χ1) is 3.66. The minimum Gasteiger partial charge on any atom is -0.329 e. The Hall–Kier alpha value is 0.440. The van der Waals surface area contributed by atoms with E-state index >= 15 is 0 Å². The van der Waals surface area contributed by atoms with Gasteiger partial charge in [-0.25, -0.2) is 0 Å². The van der Waals surface area contributed by atoms with Gasteiger partial charge in [0.05, 0.1) is 0 Å². The van der Waals surface area contributed by atoms with E-state index in [4.69, 9.17) is 5.73 Å². The van der Waals surface area contributed by atoms with Gasteiger partial charge in [0, 0.05) is 11.4 Å². The molecule has 0 saturated carbocycles. The van der Waals surface area contributed by atoms with Gasteiger partial charge < -0.3 is 5.73 Å². The van der Waals surface area contributed by atoms with E-state index < -0.39 is 0 Å². The molecule has 0 aromatic rings. The minimum absolute atomic E-state index is 0.516. The number of hydrogen-bond donors (Lipinski definition) is 1. The molecule has 1 unspecified atom stereocenters. The van der Waals surface area contributed by atoms with E-state index in [1.807, 2.05) is 0 Å². The van der Waals surface area contributed by atoms with Crippen molar-refractivity contribution in [1.82, 2.24) is 0 Å². The molecule has 50 valence electrons. The first kappa shape index (κ1) is 8.44. The summed E-state index contributed by atoms with van der Waals surface area (Å²) >= 11 is 3.45. The van der Waals surface area contributed by atoms with Crippen LogP contribution in [-0.4, -0.2) is 11.4 Å². The van der Waals surface area contributed by atoms with E-state index in [2.05, 4.69) is 29.8 Å². The van der Waals surface area contributed by atoms with E-state index in [1.165, 1.54) is 6.42 Å². The van der Waals surface area contributed by atoms with Gasteiger partial charge in [-0.1, -0.05) is 29.8 Å². The molecule has 0 aliphatic carbocycles. The van der Waals surface area contributed by atoms with Crippen molar-refractivity contribution in [2.45, 2.75) is 25.1 Å². The van der Waals surface area contributed by atoms with E-state index in [9.17, 15) is 0 Å². The maximum absolute atomic E-state index is 5.37. The number of halogens is 1. The summed E-state index contributed by atoms with van der Waals surface area (Å²) in [5.41, 5.74) is 5.37. The zero-order chi connectivity index (χ0) is 6.57. The average Bonchev–Trinajstić information content (AvgIpc) is 1.65. The number of alkyl halides is 1. The summed E-state index contributed by atoms with van der Waals surface area (Å²) in [6.45, 7) is 5.14. The predicted molar refractivity (Wildman–Crippen MR) is 41.2 cm³/mol. The lowest BCUT2D eigenvalue weighted by molar-refractivity contribution is 0.576. The first-order valence-corrected chi connectivity index (χ1v) is 3.92. The molecule has 0 aliphatic heterocycles. The van der Waals surface area contributed by atoms with Crippen LogP contribution in [0.1, 0.15) is 20.3 Å². The molecule has 0 aromatic heterocycles. The van der Waals surface area contributed by atoms with Gasteiger partial charge in [0.2, 0.25) is 0 Å². The van der Waals surface area contributed by atoms with Crippen molar-refractivity contribution in [3.8, 4) is 0 Å². The largest absolute Gasteiger partial charge is 0.329 e. The third-order valence-electron chi connectivity index (χ3n) is 0.983. The van der Waals surface area contributed by atoms with E-state index in [0.717, 1.165) is 12.5 Å². The third-order valence-corrected chi connectivity index (χ3v) is 1.73. The minimum atomic E-state index is 0.516. The van der Waals surface area contributed by atoms with Crippen LogP contribution < -0.4 is 5.73 Å². The van der Waals surface area contributed by atoms with Gasteiger partial charge in [-0.2, -0.15) is 0 Å². The Labute approximate surface area is 59.8 Å². The topological polar surface area (TPSA) is 26.0 Å². The number of hydrogen-bond acceptors (Lipinski definition) is 1. The molecule has 2 heteroatoms. The third kappa shape index (κ3) is 4.60. The van der Waals surface area contributed by atoms with Crippen LogP contribution in [-0.2, 0) is 0 Å². The summed E-state index contributed by atoms with van der Waals surface area (Å²) < 4.78 is 0. The fourth-order valence-corrected chi connectivity index (χ4v) is 1.36. The lowest BCUT2D eigenvalue weighted by Crippen LogP contribution is -2.15. The zero-order valence-electron chi connectivity index (χ0n) is 5.52. The summed E-state index contributed by atoms with van der Waals surface area (Å²) in [6, 6.07) is 0. The van der Waals surface area contributed by atoms with Crippen molar-refractivity contribution in [3.05, 3.63) is 0 Å². The van der Waals surface area contributed by atoms with E-state index in [0.29, 0.717) is 4.83 Å². The highest BCUT2D eigenvalue weighted by molar-refractivity contribution is 9.09. The van der Waals surface area contributed by atoms with Gasteiger partial charge in [0.25, 0.3) is 0 Å². The second-order valence-corrected chi connectivity index (χ2v) is 3.76. The van der Waals surface area contributed by atoms with Crippen LogP contribution >= 0.6 is 15.9 Å². The van der Waals surface area contributed by atoms with Crippen LogP contribution in [0.25, 0.3) is 0 Å². The predicted octanol–water partition coefficient (Wildman–Crippen LogP) is 1.75. The van der Waals surface area contributed by atoms with Gasteiger partial charge in [0.1, 0.15) is 0 Å². The molecule has 0 saturated heterocycles. The summed E-state index contributed by atoms with van der Waals surface area (Å²) in [4.78, 5) is 0.516. The summed E-state index contributed by atoms with van der Waals surface area (Å²) in [7, 11) is 0. The lowest BCUT2D eigenvalue weighted by Gasteiger charge is -2.07. The Morgan fingerprint density at radius 2 is 2.00 bits per heavy atom. The molecule has 0 spiro atoms. The van der Waals surface area contributed by atoms with Crippen molar-refractivity contribution < 1.29 is 0 Å². The van der Waals surface area contributed by atoms with Crippen molar-refractivity contribution in [1.29, 1.82) is 0 Å². The zero-order valence-corrected chi connectivity index (χ0v) is 7.11. The molecule has 0 rings (SSSR count). The standard InChI is InChI=1S/C6H14BrN/c1-5(2)3-6(7)4-8/h5-6H,3-4,8H2,1-2H3. The highest BCUT2D eigenvalue weighted by Gasteiger charge is 2.02. The van der Waals surface area contributed by atoms with Crippen LogP contribution in [0.15, 0.2) is 0 Å². The fraction of sp³-hybridized carbons (Fsp3) is 1.00. The molecule has 2 N–H and O–H groups in total. The Morgan fingerprint density at radius 1 is 1.50 bits per heavy atom. The average molecular weight is 180 g/mol. The van der Waals surface area contributed by atoms with Crippen molar-refractivity contribution >= 4 is 15.9 Å². The summed E-state index contributed by atoms with van der Waals surface area (Å²) in [5.74, 6) is 0.753. The Morgan fingerprint density at radius 3 is 2.12 bits per heavy atom. The van der Waals surface area contributed by atoms with Crippen molar-refractivity contribution in [3.63, 3.8) is 0 Å². The molecule has 0 aliphatic rings. The molecule has 1 atom stereocenters. The molecular formula is C6H14BrN. The van der Waals surface area contributed by atoms with Crippen LogP contribution in [0.4, 0.5) is 0 Å². The fourth-order valence-electron chi connectivity index (χ4n) is 0.608. The molecule has 0 aromatic carbocycles.